The maximum absolute atomic E-state index is 12.4. The van der Waals surface area contributed by atoms with Crippen molar-refractivity contribution >= 4 is 33.5 Å². The van der Waals surface area contributed by atoms with Gasteiger partial charge in [-0.1, -0.05) is 22.0 Å². The molecule has 1 unspecified atom stereocenters. The number of nitro groups is 1. The second-order valence-electron chi connectivity index (χ2n) is 6.55. The van der Waals surface area contributed by atoms with Crippen molar-refractivity contribution in [2.24, 2.45) is 11.3 Å². The summed E-state index contributed by atoms with van der Waals surface area (Å²) in [7, 11) is 0. The van der Waals surface area contributed by atoms with Crippen LogP contribution in [0.3, 0.4) is 0 Å². The van der Waals surface area contributed by atoms with Crippen molar-refractivity contribution < 1.29 is 19.6 Å². The van der Waals surface area contributed by atoms with Gasteiger partial charge in [0.2, 0.25) is 5.91 Å². The molecule has 3 rings (SSSR count). The van der Waals surface area contributed by atoms with Gasteiger partial charge in [0, 0.05) is 29.7 Å². The van der Waals surface area contributed by atoms with E-state index in [-0.39, 0.29) is 29.3 Å². The smallest absolute Gasteiger partial charge is 0.307 e. The van der Waals surface area contributed by atoms with E-state index in [2.05, 4.69) is 15.9 Å². The van der Waals surface area contributed by atoms with Gasteiger partial charge >= 0.3 is 5.97 Å². The zero-order chi connectivity index (χ0) is 17.5. The number of hydrogen-bond acceptors (Lipinski definition) is 4. The molecule has 1 spiro atoms. The van der Waals surface area contributed by atoms with E-state index in [1.54, 1.807) is 11.0 Å². The first-order chi connectivity index (χ1) is 11.3. The van der Waals surface area contributed by atoms with Crippen molar-refractivity contribution in [1.29, 1.82) is 0 Å². The number of carbonyl (C=O) groups is 2. The summed E-state index contributed by atoms with van der Waals surface area (Å²) in [6.07, 6.45) is 2.36. The lowest BCUT2D eigenvalue weighted by Gasteiger charge is -2.32. The van der Waals surface area contributed by atoms with Crippen LogP contribution in [0.15, 0.2) is 22.7 Å². The van der Waals surface area contributed by atoms with Crippen molar-refractivity contribution in [2.45, 2.75) is 25.7 Å². The molecule has 0 radical (unpaired) electrons. The lowest BCUT2D eigenvalue weighted by atomic mass is 9.90. The maximum Gasteiger partial charge on any atom is 0.307 e. The Bertz CT molecular complexity index is 712. The number of aliphatic carboxylic acids is 1. The van der Waals surface area contributed by atoms with E-state index in [0.717, 1.165) is 19.3 Å². The van der Waals surface area contributed by atoms with Crippen molar-refractivity contribution in [3.05, 3.63) is 38.3 Å². The van der Waals surface area contributed by atoms with E-state index >= 15 is 0 Å². The zero-order valence-electron chi connectivity index (χ0n) is 12.9. The molecule has 1 amide bonds. The Kier molecular flexibility index (Phi) is 4.33. The molecule has 128 valence electrons. The van der Waals surface area contributed by atoms with Crippen LogP contribution in [-0.2, 0) is 16.0 Å². The molecule has 2 fully saturated rings. The lowest BCUT2D eigenvalue weighted by molar-refractivity contribution is -0.384. The molecule has 1 N–H and O–H groups in total. The van der Waals surface area contributed by atoms with E-state index < -0.39 is 10.9 Å². The normalized spacial score (nSPS) is 21.5. The van der Waals surface area contributed by atoms with Crippen LogP contribution in [0.4, 0.5) is 5.69 Å². The summed E-state index contributed by atoms with van der Waals surface area (Å²) in [6.45, 7) is 1.15. The molecule has 1 aromatic rings. The largest absolute Gasteiger partial charge is 0.481 e. The monoisotopic (exact) mass is 396 g/mol. The van der Waals surface area contributed by atoms with E-state index in [1.165, 1.54) is 12.1 Å². The zero-order valence-corrected chi connectivity index (χ0v) is 14.5. The number of amides is 1. The molecule has 8 heteroatoms. The third-order valence-electron chi connectivity index (χ3n) is 5.19. The topological polar surface area (TPSA) is 101 Å². The van der Waals surface area contributed by atoms with Gasteiger partial charge in [-0.15, -0.1) is 0 Å². The number of nitrogens with zero attached hydrogens (tertiary/aromatic N) is 2. The van der Waals surface area contributed by atoms with Gasteiger partial charge in [-0.25, -0.2) is 0 Å². The first kappa shape index (κ1) is 16.9. The maximum atomic E-state index is 12.4. The number of piperidine rings is 1. The van der Waals surface area contributed by atoms with E-state index in [4.69, 9.17) is 5.11 Å². The van der Waals surface area contributed by atoms with Crippen LogP contribution in [0, 0.1) is 21.4 Å². The van der Waals surface area contributed by atoms with Crippen LogP contribution in [0.1, 0.15) is 24.8 Å². The van der Waals surface area contributed by atoms with Crippen LogP contribution in [0.2, 0.25) is 0 Å². The minimum absolute atomic E-state index is 0.0218. The van der Waals surface area contributed by atoms with Crippen LogP contribution < -0.4 is 0 Å². The number of likely N-dealkylation sites (tertiary alicyclic amines) is 1. The van der Waals surface area contributed by atoms with Crippen LogP contribution in [0.25, 0.3) is 0 Å². The van der Waals surface area contributed by atoms with E-state index in [1.807, 2.05) is 0 Å². The molecular weight excluding hydrogens is 380 g/mol. The quantitative estimate of drug-likeness (QED) is 0.622. The highest BCUT2D eigenvalue weighted by Crippen LogP contribution is 2.59. The molecule has 1 atom stereocenters. The summed E-state index contributed by atoms with van der Waals surface area (Å²) in [5.74, 6) is -1.02. The Morgan fingerprint density at radius 1 is 1.38 bits per heavy atom. The summed E-state index contributed by atoms with van der Waals surface area (Å²) in [4.78, 5) is 35.5. The van der Waals surface area contributed by atoms with Crippen LogP contribution in [-0.4, -0.2) is 39.9 Å². The van der Waals surface area contributed by atoms with Crippen LogP contribution >= 0.6 is 15.9 Å². The number of rotatable bonds is 4. The summed E-state index contributed by atoms with van der Waals surface area (Å²) < 4.78 is 0.548. The standard InChI is InChI=1S/C16H17BrN2O5/c17-13-8-11(19(23)24)2-1-10(13)7-14(20)18-5-3-16(4-6-18)9-12(16)15(21)22/h1-2,8,12H,3-7,9H2,(H,21,22). The predicted molar refractivity (Wildman–Crippen MR) is 88.5 cm³/mol. The van der Waals surface area contributed by atoms with E-state index in [9.17, 15) is 19.7 Å². The number of carboxylic acids is 1. The fourth-order valence-electron chi connectivity index (χ4n) is 3.52. The Morgan fingerprint density at radius 2 is 2.04 bits per heavy atom. The highest BCUT2D eigenvalue weighted by atomic mass is 79.9. The van der Waals surface area contributed by atoms with Gasteiger partial charge in [0.25, 0.3) is 5.69 Å². The van der Waals surface area contributed by atoms with Gasteiger partial charge in [-0.3, -0.25) is 19.7 Å². The molecular formula is C16H17BrN2O5. The molecule has 1 saturated heterocycles. The first-order valence-corrected chi connectivity index (χ1v) is 8.55. The van der Waals surface area contributed by atoms with Gasteiger partial charge in [0.15, 0.2) is 0 Å². The SMILES string of the molecule is O=C(O)C1CC12CCN(C(=O)Cc1ccc([N+](=O)[O-])cc1Br)CC2. The van der Waals surface area contributed by atoms with Crippen LogP contribution in [0.5, 0.6) is 0 Å². The van der Waals surface area contributed by atoms with Gasteiger partial charge in [-0.05, 0) is 30.2 Å². The average molecular weight is 397 g/mol. The molecule has 1 aliphatic heterocycles. The third kappa shape index (κ3) is 3.15. The summed E-state index contributed by atoms with van der Waals surface area (Å²) in [5.41, 5.74) is 0.587. The van der Waals surface area contributed by atoms with Crippen molar-refractivity contribution in [1.82, 2.24) is 4.90 Å². The number of non-ortho nitro benzene ring substituents is 1. The van der Waals surface area contributed by atoms with Crippen molar-refractivity contribution in [3.8, 4) is 0 Å². The molecule has 1 aliphatic carbocycles. The Balaban J connectivity index is 1.59. The summed E-state index contributed by atoms with van der Waals surface area (Å²) >= 11 is 3.28. The minimum atomic E-state index is -0.732. The lowest BCUT2D eigenvalue weighted by Crippen LogP contribution is -2.40. The highest BCUT2D eigenvalue weighted by molar-refractivity contribution is 9.10. The summed E-state index contributed by atoms with van der Waals surface area (Å²) in [5, 5.41) is 19.8. The highest BCUT2D eigenvalue weighted by Gasteiger charge is 2.59. The number of carboxylic acid groups (broad SMARTS) is 1. The minimum Gasteiger partial charge on any atom is -0.481 e. The number of carbonyl (C=O) groups excluding carboxylic acids is 1. The number of halogens is 1. The fourth-order valence-corrected chi connectivity index (χ4v) is 4.03. The molecule has 0 aromatic heterocycles. The predicted octanol–water partition coefficient (Wildman–Crippen LogP) is 2.61. The Labute approximate surface area is 146 Å². The van der Waals surface area contributed by atoms with E-state index in [0.29, 0.717) is 23.1 Å². The van der Waals surface area contributed by atoms with Gasteiger partial charge in [0.1, 0.15) is 0 Å². The first-order valence-electron chi connectivity index (χ1n) is 7.76. The number of hydrogen-bond donors (Lipinski definition) is 1. The Hall–Kier alpha value is -1.96. The number of benzene rings is 1. The molecule has 24 heavy (non-hydrogen) atoms. The summed E-state index contributed by atoms with van der Waals surface area (Å²) in [6, 6.07) is 4.38. The number of nitro benzene ring substituents is 1. The van der Waals surface area contributed by atoms with Gasteiger partial charge < -0.3 is 10.0 Å². The molecule has 1 saturated carbocycles. The van der Waals surface area contributed by atoms with Gasteiger partial charge in [-0.2, -0.15) is 0 Å². The average Bonchev–Trinajstić information content (AvgIpc) is 3.23. The second-order valence-corrected chi connectivity index (χ2v) is 7.40. The molecule has 0 bridgehead atoms. The van der Waals surface area contributed by atoms with Crippen molar-refractivity contribution in [2.75, 3.05) is 13.1 Å². The fraction of sp³-hybridized carbons (Fsp3) is 0.500. The Morgan fingerprint density at radius 3 is 2.54 bits per heavy atom. The molecule has 1 heterocycles. The van der Waals surface area contributed by atoms with Crippen molar-refractivity contribution in [3.63, 3.8) is 0 Å². The second kappa shape index (κ2) is 6.16. The third-order valence-corrected chi connectivity index (χ3v) is 5.93. The van der Waals surface area contributed by atoms with Gasteiger partial charge in [0.05, 0.1) is 17.3 Å². The molecule has 1 aromatic carbocycles. The molecule has 7 nitrogen and oxygen atoms in total. The molecule has 2 aliphatic rings.